The number of pyridine rings is 1. The van der Waals surface area contributed by atoms with E-state index in [2.05, 4.69) is 10.3 Å². The highest BCUT2D eigenvalue weighted by molar-refractivity contribution is 5.90. The molecular weight excluding hydrogens is 332 g/mol. The third-order valence-corrected chi connectivity index (χ3v) is 3.82. The minimum absolute atomic E-state index is 0. The predicted molar refractivity (Wildman–Crippen MR) is 96.5 cm³/mol. The molecule has 0 saturated carbocycles. The third kappa shape index (κ3) is 3.75. The van der Waals surface area contributed by atoms with E-state index in [0.717, 1.165) is 33.7 Å². The van der Waals surface area contributed by atoms with E-state index in [1.165, 1.54) is 0 Å². The second-order valence-corrected chi connectivity index (χ2v) is 5.49. The van der Waals surface area contributed by atoms with Gasteiger partial charge in [0.25, 0.3) is 0 Å². The molecule has 2 aromatic heterocycles. The number of nitrogens with zero attached hydrogens (tertiary/aromatic N) is 3. The number of fused-ring (bicyclic) bond motifs is 1. The fourth-order valence-corrected chi connectivity index (χ4v) is 2.62. The van der Waals surface area contributed by atoms with Gasteiger partial charge >= 0.3 is 0 Å². The zero-order valence-electron chi connectivity index (χ0n) is 13.4. The molecule has 0 aliphatic rings. The normalized spacial score (nSPS) is 10.2. The molecule has 25 heavy (non-hydrogen) atoms. The van der Waals surface area contributed by atoms with Gasteiger partial charge in [0, 0.05) is 29.9 Å². The van der Waals surface area contributed by atoms with Gasteiger partial charge < -0.3 is 17.7 Å². The van der Waals surface area contributed by atoms with Gasteiger partial charge in [0.2, 0.25) is 0 Å². The minimum atomic E-state index is 0. The highest BCUT2D eigenvalue weighted by atomic mass is 35.5. The zero-order valence-corrected chi connectivity index (χ0v) is 14.2. The lowest BCUT2D eigenvalue weighted by Gasteiger charge is -2.11. The van der Waals surface area contributed by atoms with E-state index >= 15 is 0 Å². The van der Waals surface area contributed by atoms with E-state index in [1.54, 1.807) is 6.20 Å². The van der Waals surface area contributed by atoms with Crippen molar-refractivity contribution >= 4 is 16.7 Å². The Morgan fingerprint density at radius 2 is 1.60 bits per heavy atom. The van der Waals surface area contributed by atoms with Crippen molar-refractivity contribution in [2.24, 2.45) is 0 Å². The number of para-hydroxylation sites is 1. The van der Waals surface area contributed by atoms with Crippen LogP contribution in [0.1, 0.15) is 5.56 Å². The van der Waals surface area contributed by atoms with Crippen molar-refractivity contribution < 1.29 is 12.4 Å². The summed E-state index contributed by atoms with van der Waals surface area (Å²) < 4.78 is 0. The average Bonchev–Trinajstić information content (AvgIpc) is 2.67. The first-order chi connectivity index (χ1) is 11.9. The lowest BCUT2D eigenvalue weighted by molar-refractivity contribution is -0.00000488. The van der Waals surface area contributed by atoms with Crippen LogP contribution >= 0.6 is 0 Å². The molecule has 0 fully saturated rings. The Morgan fingerprint density at radius 1 is 0.800 bits per heavy atom. The maximum absolute atomic E-state index is 4.74. The summed E-state index contributed by atoms with van der Waals surface area (Å²) in [6.07, 6.45) is 3.63. The van der Waals surface area contributed by atoms with Crippen molar-refractivity contribution in [3.63, 3.8) is 0 Å². The molecule has 4 nitrogen and oxygen atoms in total. The highest BCUT2D eigenvalue weighted by Crippen LogP contribution is 2.25. The molecule has 0 unspecified atom stereocenters. The summed E-state index contributed by atoms with van der Waals surface area (Å²) in [5.74, 6) is 1.56. The van der Waals surface area contributed by atoms with Gasteiger partial charge in [-0.05, 0) is 23.8 Å². The molecule has 124 valence electrons. The quantitative estimate of drug-likeness (QED) is 0.605. The molecule has 4 rings (SSSR count). The SMILES string of the molecule is [Cl-].c1ccc(-c2nc(NCc3cccnc3)c3ccccc3n2)cc1. The molecule has 0 amide bonds. The molecule has 0 aliphatic carbocycles. The number of halogens is 1. The molecule has 0 radical (unpaired) electrons. The average molecular weight is 348 g/mol. The van der Waals surface area contributed by atoms with E-state index < -0.39 is 0 Å². The van der Waals surface area contributed by atoms with Gasteiger partial charge in [-0.2, -0.15) is 0 Å². The summed E-state index contributed by atoms with van der Waals surface area (Å²) in [7, 11) is 0. The van der Waals surface area contributed by atoms with Gasteiger partial charge in [0.15, 0.2) is 5.82 Å². The molecule has 0 saturated heterocycles. The number of benzene rings is 2. The molecule has 1 N–H and O–H groups in total. The number of anilines is 1. The van der Waals surface area contributed by atoms with E-state index in [0.29, 0.717) is 6.54 Å². The van der Waals surface area contributed by atoms with Gasteiger partial charge in [-0.25, -0.2) is 9.97 Å². The number of hydrogen-bond acceptors (Lipinski definition) is 4. The molecule has 2 aromatic carbocycles. The molecule has 0 bridgehead atoms. The summed E-state index contributed by atoms with van der Waals surface area (Å²) in [5, 5.41) is 4.44. The Labute approximate surface area is 152 Å². The number of aromatic nitrogens is 3. The fourth-order valence-electron chi connectivity index (χ4n) is 2.62. The Kier molecular flexibility index (Phi) is 5.21. The molecule has 2 heterocycles. The summed E-state index contributed by atoms with van der Waals surface area (Å²) in [6.45, 7) is 0.670. The van der Waals surface area contributed by atoms with Crippen LogP contribution in [0.25, 0.3) is 22.3 Å². The lowest BCUT2D eigenvalue weighted by Crippen LogP contribution is -3.00. The zero-order chi connectivity index (χ0) is 16.2. The standard InChI is InChI=1S/C20H16N4.ClH/c1-2-8-16(9-3-1)19-23-18-11-5-4-10-17(18)20(24-19)22-14-15-7-6-12-21-13-15;/h1-13H,14H2,(H,22,23,24);1H/p-1. The number of rotatable bonds is 4. The first-order valence-electron chi connectivity index (χ1n) is 7.85. The summed E-state index contributed by atoms with van der Waals surface area (Å²) in [5.41, 5.74) is 3.05. The van der Waals surface area contributed by atoms with E-state index in [4.69, 9.17) is 9.97 Å². The van der Waals surface area contributed by atoms with E-state index in [9.17, 15) is 0 Å². The number of nitrogens with one attached hydrogen (secondary N) is 1. The Morgan fingerprint density at radius 3 is 2.40 bits per heavy atom. The second-order valence-electron chi connectivity index (χ2n) is 5.49. The van der Waals surface area contributed by atoms with Crippen LogP contribution in [0, 0.1) is 0 Å². The van der Waals surface area contributed by atoms with Crippen molar-refractivity contribution in [1.29, 1.82) is 0 Å². The lowest BCUT2D eigenvalue weighted by atomic mass is 10.2. The fraction of sp³-hybridized carbons (Fsp3) is 0.0500. The van der Waals surface area contributed by atoms with Crippen molar-refractivity contribution in [3.8, 4) is 11.4 Å². The molecule has 5 heteroatoms. The van der Waals surface area contributed by atoms with Crippen LogP contribution in [0.5, 0.6) is 0 Å². The summed E-state index contributed by atoms with van der Waals surface area (Å²) in [6, 6.07) is 22.1. The van der Waals surface area contributed by atoms with Crippen LogP contribution in [0.2, 0.25) is 0 Å². The Bertz CT molecular complexity index is 959. The van der Waals surface area contributed by atoms with Crippen LogP contribution in [0.3, 0.4) is 0 Å². The van der Waals surface area contributed by atoms with E-state index in [1.807, 2.05) is 72.9 Å². The van der Waals surface area contributed by atoms with Gasteiger partial charge in [-0.3, -0.25) is 4.98 Å². The molecule has 0 atom stereocenters. The Balaban J connectivity index is 0.00000182. The highest BCUT2D eigenvalue weighted by Gasteiger charge is 2.08. The minimum Gasteiger partial charge on any atom is -1.00 e. The summed E-state index contributed by atoms with van der Waals surface area (Å²) >= 11 is 0. The van der Waals surface area contributed by atoms with Crippen molar-refractivity contribution in [2.45, 2.75) is 6.54 Å². The van der Waals surface area contributed by atoms with Crippen LogP contribution in [0.15, 0.2) is 79.1 Å². The maximum Gasteiger partial charge on any atom is 0.162 e. The van der Waals surface area contributed by atoms with Gasteiger partial charge in [0.1, 0.15) is 5.82 Å². The number of hydrogen-bond donors (Lipinski definition) is 1. The molecular formula is C20H16ClN4-. The predicted octanol–water partition coefficient (Wildman–Crippen LogP) is 1.31. The van der Waals surface area contributed by atoms with Gasteiger partial charge in [0.05, 0.1) is 5.52 Å². The van der Waals surface area contributed by atoms with Crippen LogP contribution in [-0.4, -0.2) is 15.0 Å². The van der Waals surface area contributed by atoms with Crippen molar-refractivity contribution in [3.05, 3.63) is 84.7 Å². The molecule has 0 aliphatic heterocycles. The third-order valence-electron chi connectivity index (χ3n) is 3.82. The topological polar surface area (TPSA) is 50.7 Å². The molecule has 0 spiro atoms. The summed E-state index contributed by atoms with van der Waals surface area (Å²) in [4.78, 5) is 13.6. The van der Waals surface area contributed by atoms with Crippen LogP contribution < -0.4 is 17.7 Å². The first-order valence-corrected chi connectivity index (χ1v) is 7.85. The monoisotopic (exact) mass is 347 g/mol. The van der Waals surface area contributed by atoms with Crippen LogP contribution in [0.4, 0.5) is 5.82 Å². The van der Waals surface area contributed by atoms with Gasteiger partial charge in [-0.1, -0.05) is 48.5 Å². The smallest absolute Gasteiger partial charge is 0.162 e. The Hall–Kier alpha value is -2.98. The van der Waals surface area contributed by atoms with Crippen molar-refractivity contribution in [2.75, 3.05) is 5.32 Å². The van der Waals surface area contributed by atoms with Gasteiger partial charge in [-0.15, -0.1) is 0 Å². The second kappa shape index (κ2) is 7.73. The van der Waals surface area contributed by atoms with Crippen LogP contribution in [-0.2, 0) is 6.54 Å². The largest absolute Gasteiger partial charge is 1.00 e. The molecule has 4 aromatic rings. The van der Waals surface area contributed by atoms with Crippen molar-refractivity contribution in [1.82, 2.24) is 15.0 Å². The van der Waals surface area contributed by atoms with E-state index in [-0.39, 0.29) is 12.4 Å². The maximum atomic E-state index is 4.74. The first kappa shape index (κ1) is 16.9.